The molecule has 0 fully saturated rings. The van der Waals surface area contributed by atoms with Gasteiger partial charge in [0.15, 0.2) is 0 Å². The molecule has 0 atom stereocenters. The molecular formula is C23H21N3. The van der Waals surface area contributed by atoms with Gasteiger partial charge < -0.3 is 0 Å². The summed E-state index contributed by atoms with van der Waals surface area (Å²) >= 11 is 0. The zero-order chi connectivity index (χ0) is 18.5. The van der Waals surface area contributed by atoms with Crippen molar-refractivity contribution in [2.24, 2.45) is 0 Å². The van der Waals surface area contributed by atoms with E-state index in [1.165, 1.54) is 5.56 Å². The zero-order valence-corrected chi connectivity index (χ0v) is 15.4. The van der Waals surface area contributed by atoms with Crippen LogP contribution in [-0.2, 0) is 6.54 Å². The van der Waals surface area contributed by atoms with Gasteiger partial charge in [-0.25, -0.2) is 0 Å². The van der Waals surface area contributed by atoms with Crippen LogP contribution in [0.5, 0.6) is 0 Å². The van der Waals surface area contributed by atoms with Gasteiger partial charge in [-0.15, -0.1) is 0 Å². The lowest BCUT2D eigenvalue weighted by atomic mass is 10.0. The Morgan fingerprint density at radius 1 is 1.04 bits per heavy atom. The molecule has 0 aliphatic heterocycles. The van der Waals surface area contributed by atoms with Crippen LogP contribution in [0.1, 0.15) is 41.4 Å². The molecule has 3 heteroatoms. The number of hydrogen-bond donors (Lipinski definition) is 0. The van der Waals surface area contributed by atoms with Crippen molar-refractivity contribution in [3.8, 4) is 29.0 Å². The quantitative estimate of drug-likeness (QED) is 0.640. The van der Waals surface area contributed by atoms with Crippen LogP contribution in [0.15, 0.2) is 48.5 Å². The van der Waals surface area contributed by atoms with Crippen LogP contribution in [0.25, 0.3) is 11.1 Å². The van der Waals surface area contributed by atoms with E-state index in [2.05, 4.69) is 43.9 Å². The maximum Gasteiger partial charge on any atom is 0.0991 e. The topological polar surface area (TPSA) is 41.6 Å². The predicted octanol–water partition coefficient (Wildman–Crippen LogP) is 4.85. The summed E-state index contributed by atoms with van der Waals surface area (Å²) in [5.41, 5.74) is 7.24. The monoisotopic (exact) mass is 339 g/mol. The summed E-state index contributed by atoms with van der Waals surface area (Å²) in [5.74, 6) is 6.30. The van der Waals surface area contributed by atoms with Crippen molar-refractivity contribution in [2.75, 3.05) is 0 Å². The van der Waals surface area contributed by atoms with Crippen LogP contribution < -0.4 is 0 Å². The Morgan fingerprint density at radius 3 is 2.50 bits per heavy atom. The van der Waals surface area contributed by atoms with E-state index in [0.29, 0.717) is 12.1 Å². The van der Waals surface area contributed by atoms with Crippen LogP contribution in [0, 0.1) is 37.0 Å². The molecule has 3 rings (SSSR count). The van der Waals surface area contributed by atoms with E-state index < -0.39 is 0 Å². The summed E-state index contributed by atoms with van der Waals surface area (Å²) in [4.78, 5) is 0. The normalized spacial score (nSPS) is 10.1. The largest absolute Gasteiger partial charge is 0.265 e. The average molecular weight is 339 g/mol. The molecule has 3 nitrogen and oxygen atoms in total. The first-order valence-corrected chi connectivity index (χ1v) is 8.74. The SMILES string of the molecule is CCC#Cc1cccc(Cn2nc(C)c(-c3ccc(C#N)cc3)c2C)c1. The second-order valence-corrected chi connectivity index (χ2v) is 6.25. The fraction of sp³-hybridized carbons (Fsp3) is 0.217. The molecule has 0 N–H and O–H groups in total. The fourth-order valence-corrected chi connectivity index (χ4v) is 3.09. The molecular weight excluding hydrogens is 318 g/mol. The molecule has 0 bridgehead atoms. The Kier molecular flexibility index (Phi) is 5.20. The van der Waals surface area contributed by atoms with Crippen molar-refractivity contribution < 1.29 is 0 Å². The first kappa shape index (κ1) is 17.5. The lowest BCUT2D eigenvalue weighted by Gasteiger charge is -2.07. The summed E-state index contributed by atoms with van der Waals surface area (Å²) < 4.78 is 2.04. The summed E-state index contributed by atoms with van der Waals surface area (Å²) in [6.07, 6.45) is 0.857. The lowest BCUT2D eigenvalue weighted by Crippen LogP contribution is -2.04. The van der Waals surface area contributed by atoms with E-state index in [9.17, 15) is 0 Å². The van der Waals surface area contributed by atoms with Crippen LogP contribution in [0.2, 0.25) is 0 Å². The molecule has 0 spiro atoms. The second kappa shape index (κ2) is 7.72. The van der Waals surface area contributed by atoms with Crippen LogP contribution >= 0.6 is 0 Å². The third-order valence-electron chi connectivity index (χ3n) is 4.35. The molecule has 1 heterocycles. The van der Waals surface area contributed by atoms with E-state index in [-0.39, 0.29) is 0 Å². The van der Waals surface area contributed by atoms with Gasteiger partial charge in [0.05, 0.1) is 23.9 Å². The number of nitrogens with zero attached hydrogens (tertiary/aromatic N) is 3. The van der Waals surface area contributed by atoms with Crippen molar-refractivity contribution in [1.82, 2.24) is 9.78 Å². The molecule has 2 aromatic carbocycles. The number of nitriles is 1. The third kappa shape index (κ3) is 3.68. The van der Waals surface area contributed by atoms with Gasteiger partial charge in [-0.3, -0.25) is 4.68 Å². The maximum absolute atomic E-state index is 8.98. The van der Waals surface area contributed by atoms with Gasteiger partial charge in [0, 0.05) is 23.2 Å². The lowest BCUT2D eigenvalue weighted by molar-refractivity contribution is 0.659. The fourth-order valence-electron chi connectivity index (χ4n) is 3.09. The van der Waals surface area contributed by atoms with Crippen LogP contribution in [0.4, 0.5) is 0 Å². The van der Waals surface area contributed by atoms with E-state index in [4.69, 9.17) is 10.4 Å². The molecule has 128 valence electrons. The van der Waals surface area contributed by atoms with E-state index >= 15 is 0 Å². The highest BCUT2D eigenvalue weighted by molar-refractivity contribution is 5.69. The van der Waals surface area contributed by atoms with E-state index in [1.54, 1.807) is 0 Å². The molecule has 1 aromatic heterocycles. The maximum atomic E-state index is 8.98. The molecule has 0 amide bonds. The molecule has 26 heavy (non-hydrogen) atoms. The smallest absolute Gasteiger partial charge is 0.0991 e. The molecule has 0 radical (unpaired) electrons. The van der Waals surface area contributed by atoms with Crippen molar-refractivity contribution in [3.05, 3.63) is 76.6 Å². The third-order valence-corrected chi connectivity index (χ3v) is 4.35. The van der Waals surface area contributed by atoms with Crippen LogP contribution in [0.3, 0.4) is 0 Å². The van der Waals surface area contributed by atoms with Crippen molar-refractivity contribution in [3.63, 3.8) is 0 Å². The standard InChI is InChI=1S/C23H21N3/c1-4-5-7-19-8-6-9-21(14-19)16-26-18(3)23(17(2)25-26)22-12-10-20(15-24)11-13-22/h6,8-14H,4,16H2,1-3H3. The van der Waals surface area contributed by atoms with Gasteiger partial charge in [0.1, 0.15) is 0 Å². The highest BCUT2D eigenvalue weighted by atomic mass is 15.3. The minimum atomic E-state index is 0.668. The second-order valence-electron chi connectivity index (χ2n) is 6.25. The number of hydrogen-bond acceptors (Lipinski definition) is 2. The molecule has 0 saturated carbocycles. The molecule has 0 saturated heterocycles. The molecule has 0 aliphatic carbocycles. The Balaban J connectivity index is 1.92. The summed E-state index contributed by atoms with van der Waals surface area (Å²) in [6, 6.07) is 18.1. The van der Waals surface area contributed by atoms with Crippen molar-refractivity contribution >= 4 is 0 Å². The van der Waals surface area contributed by atoms with Gasteiger partial charge in [0.2, 0.25) is 0 Å². The number of aromatic nitrogens is 2. The Labute approximate surface area is 154 Å². The highest BCUT2D eigenvalue weighted by Crippen LogP contribution is 2.27. The van der Waals surface area contributed by atoms with Gasteiger partial charge in [0.25, 0.3) is 0 Å². The van der Waals surface area contributed by atoms with Gasteiger partial charge in [-0.1, -0.05) is 43.0 Å². The number of rotatable bonds is 3. The summed E-state index contributed by atoms with van der Waals surface area (Å²) in [6.45, 7) is 6.89. The number of aryl methyl sites for hydroxylation is 1. The Hall–Kier alpha value is -3.30. The number of benzene rings is 2. The summed E-state index contributed by atoms with van der Waals surface area (Å²) in [5, 5.41) is 13.7. The van der Waals surface area contributed by atoms with E-state index in [0.717, 1.165) is 34.5 Å². The van der Waals surface area contributed by atoms with Gasteiger partial charge >= 0.3 is 0 Å². The molecule has 0 unspecified atom stereocenters. The van der Waals surface area contributed by atoms with Crippen molar-refractivity contribution in [2.45, 2.75) is 33.7 Å². The molecule has 0 aliphatic rings. The van der Waals surface area contributed by atoms with Crippen LogP contribution in [-0.4, -0.2) is 9.78 Å². The molecule has 3 aromatic rings. The Bertz CT molecular complexity index is 1020. The van der Waals surface area contributed by atoms with Gasteiger partial charge in [-0.05, 0) is 49.2 Å². The van der Waals surface area contributed by atoms with Gasteiger partial charge in [-0.2, -0.15) is 10.4 Å². The van der Waals surface area contributed by atoms with Crippen molar-refractivity contribution in [1.29, 1.82) is 5.26 Å². The minimum absolute atomic E-state index is 0.668. The first-order chi connectivity index (χ1) is 12.6. The Morgan fingerprint density at radius 2 is 1.81 bits per heavy atom. The highest BCUT2D eigenvalue weighted by Gasteiger charge is 2.13. The first-order valence-electron chi connectivity index (χ1n) is 8.74. The summed E-state index contributed by atoms with van der Waals surface area (Å²) in [7, 11) is 0. The predicted molar refractivity (Wildman–Crippen MR) is 105 cm³/mol. The minimum Gasteiger partial charge on any atom is -0.265 e. The zero-order valence-electron chi connectivity index (χ0n) is 15.4. The average Bonchev–Trinajstić information content (AvgIpc) is 2.94. The van der Waals surface area contributed by atoms with E-state index in [1.807, 2.05) is 48.0 Å².